The van der Waals surface area contributed by atoms with Gasteiger partial charge in [-0.3, -0.25) is 4.79 Å². The second kappa shape index (κ2) is 6.34. The summed E-state index contributed by atoms with van der Waals surface area (Å²) in [5.41, 5.74) is -1.33. The van der Waals surface area contributed by atoms with Gasteiger partial charge in [-0.15, -0.1) is 0 Å². The van der Waals surface area contributed by atoms with E-state index >= 15 is 0 Å². The highest BCUT2D eigenvalue weighted by Crippen LogP contribution is 2.34. The first-order valence-electron chi connectivity index (χ1n) is 6.44. The predicted octanol–water partition coefficient (Wildman–Crippen LogP) is 3.13. The topological polar surface area (TPSA) is 61.4 Å². The fourth-order valence-corrected chi connectivity index (χ4v) is 1.58. The number of halogens is 3. The average molecular weight is 304 g/mol. The van der Waals surface area contributed by atoms with Gasteiger partial charge in [-0.25, -0.2) is 0 Å². The molecule has 0 aliphatic rings. The number of alkyl halides is 3. The lowest BCUT2D eigenvalue weighted by Crippen LogP contribution is -2.37. The molecule has 0 unspecified atom stereocenters. The fourth-order valence-electron chi connectivity index (χ4n) is 1.58. The van der Waals surface area contributed by atoms with Crippen LogP contribution < -0.4 is 10.6 Å². The molecular weight excluding hydrogens is 285 g/mol. The summed E-state index contributed by atoms with van der Waals surface area (Å²) in [4.78, 5) is 11.7. The molecule has 21 heavy (non-hydrogen) atoms. The van der Waals surface area contributed by atoms with E-state index in [2.05, 4.69) is 10.6 Å². The Morgan fingerprint density at radius 2 is 1.86 bits per heavy atom. The first-order chi connectivity index (χ1) is 9.49. The minimum atomic E-state index is -4.53. The Bertz CT molecular complexity index is 508. The smallest absolute Gasteiger partial charge is 0.416 e. The summed E-state index contributed by atoms with van der Waals surface area (Å²) in [5, 5.41) is 14.9. The van der Waals surface area contributed by atoms with E-state index < -0.39 is 23.4 Å². The molecule has 0 saturated carbocycles. The lowest BCUT2D eigenvalue weighted by atomic mass is 10.1. The summed E-state index contributed by atoms with van der Waals surface area (Å²) in [7, 11) is 0. The van der Waals surface area contributed by atoms with Crippen molar-refractivity contribution in [2.45, 2.75) is 38.9 Å². The molecule has 7 heteroatoms. The van der Waals surface area contributed by atoms with Gasteiger partial charge in [0.05, 0.1) is 11.3 Å². The molecule has 3 N–H and O–H groups in total. The number of anilines is 1. The highest BCUT2D eigenvalue weighted by atomic mass is 19.4. The molecule has 0 spiro atoms. The van der Waals surface area contributed by atoms with Crippen molar-refractivity contribution >= 4 is 11.6 Å². The Hall–Kier alpha value is -1.76. The Morgan fingerprint density at radius 3 is 2.38 bits per heavy atom. The molecule has 1 aromatic rings. The zero-order valence-corrected chi connectivity index (χ0v) is 12.1. The average Bonchev–Trinajstić information content (AvgIpc) is 2.28. The van der Waals surface area contributed by atoms with E-state index in [4.69, 9.17) is 0 Å². The van der Waals surface area contributed by atoms with Gasteiger partial charge in [0.15, 0.2) is 0 Å². The maximum Gasteiger partial charge on any atom is 0.416 e. The zero-order chi connectivity index (χ0) is 16.3. The third-order valence-electron chi connectivity index (χ3n) is 2.61. The highest BCUT2D eigenvalue weighted by Gasteiger charge is 2.31. The molecule has 0 saturated heterocycles. The van der Waals surface area contributed by atoms with E-state index in [0.29, 0.717) is 12.6 Å². The molecule has 118 valence electrons. The van der Waals surface area contributed by atoms with Gasteiger partial charge in [0.25, 0.3) is 0 Å². The Morgan fingerprint density at radius 1 is 1.24 bits per heavy atom. The van der Waals surface area contributed by atoms with Gasteiger partial charge >= 0.3 is 6.18 Å². The van der Waals surface area contributed by atoms with Gasteiger partial charge in [-0.1, -0.05) is 0 Å². The number of rotatable bonds is 4. The number of aromatic hydroxyl groups is 1. The van der Waals surface area contributed by atoms with Crippen LogP contribution in [-0.2, 0) is 11.0 Å². The normalized spacial score (nSPS) is 12.3. The minimum Gasteiger partial charge on any atom is -0.506 e. The van der Waals surface area contributed by atoms with Crippen molar-refractivity contribution in [3.8, 4) is 5.75 Å². The first kappa shape index (κ1) is 17.3. The maximum absolute atomic E-state index is 12.6. The molecule has 0 bridgehead atoms. The van der Waals surface area contributed by atoms with Gasteiger partial charge in [0.2, 0.25) is 5.91 Å². The molecule has 0 aromatic heterocycles. The number of nitrogens with one attached hydrogen (secondary N) is 2. The lowest BCUT2D eigenvalue weighted by molar-refractivity contribution is -0.137. The van der Waals surface area contributed by atoms with Gasteiger partial charge in [-0.2, -0.15) is 13.2 Å². The number of phenols is 1. The van der Waals surface area contributed by atoms with Crippen molar-refractivity contribution in [3.63, 3.8) is 0 Å². The largest absolute Gasteiger partial charge is 0.506 e. The number of carbonyl (C=O) groups excluding carboxylic acids is 1. The third kappa shape index (κ3) is 6.03. The molecule has 1 aromatic carbocycles. The number of phenolic OH excluding ortho intramolecular Hbond substituents is 1. The Labute approximate surface area is 121 Å². The van der Waals surface area contributed by atoms with Crippen LogP contribution in [0.1, 0.15) is 32.8 Å². The van der Waals surface area contributed by atoms with E-state index in [-0.39, 0.29) is 17.6 Å². The minimum absolute atomic E-state index is 0.0902. The number of carbonyl (C=O) groups is 1. The molecule has 0 aliphatic heterocycles. The molecular formula is C14H19F3N2O2. The SMILES string of the molecule is CC(C)(C)NCCC(=O)Nc1cc(C(F)(F)F)ccc1O. The van der Waals surface area contributed by atoms with Crippen LogP contribution in [0, 0.1) is 0 Å². The quantitative estimate of drug-likeness (QED) is 0.749. The summed E-state index contributed by atoms with van der Waals surface area (Å²) in [6.45, 7) is 6.19. The predicted molar refractivity (Wildman–Crippen MR) is 74.1 cm³/mol. The molecule has 0 fully saturated rings. The summed E-state index contributed by atoms with van der Waals surface area (Å²) in [6, 6.07) is 2.38. The van der Waals surface area contributed by atoms with E-state index in [0.717, 1.165) is 12.1 Å². The van der Waals surface area contributed by atoms with Crippen LogP contribution >= 0.6 is 0 Å². The van der Waals surface area contributed by atoms with Crippen LogP contribution in [0.15, 0.2) is 18.2 Å². The summed E-state index contributed by atoms with van der Waals surface area (Å²) in [5.74, 6) is -0.874. The summed E-state index contributed by atoms with van der Waals surface area (Å²) < 4.78 is 37.7. The Kier molecular flexibility index (Phi) is 5.22. The van der Waals surface area contributed by atoms with Crippen molar-refractivity contribution in [2.75, 3.05) is 11.9 Å². The second-order valence-corrected chi connectivity index (χ2v) is 5.70. The van der Waals surface area contributed by atoms with E-state index in [9.17, 15) is 23.1 Å². The molecule has 1 rings (SSSR count). The number of hydrogen-bond donors (Lipinski definition) is 3. The number of amides is 1. The lowest BCUT2D eigenvalue weighted by Gasteiger charge is -2.20. The maximum atomic E-state index is 12.6. The van der Waals surface area contributed by atoms with E-state index in [1.54, 1.807) is 0 Å². The molecule has 0 aliphatic carbocycles. The second-order valence-electron chi connectivity index (χ2n) is 5.70. The molecule has 0 radical (unpaired) electrons. The summed E-state index contributed by atoms with van der Waals surface area (Å²) >= 11 is 0. The van der Waals surface area contributed by atoms with E-state index in [1.807, 2.05) is 20.8 Å². The molecule has 0 atom stereocenters. The van der Waals surface area contributed by atoms with Gasteiger partial charge in [0, 0.05) is 18.5 Å². The summed E-state index contributed by atoms with van der Waals surface area (Å²) in [6.07, 6.45) is -4.44. The van der Waals surface area contributed by atoms with Crippen molar-refractivity contribution < 1.29 is 23.1 Å². The molecule has 1 amide bonds. The highest BCUT2D eigenvalue weighted by molar-refractivity contribution is 5.92. The van der Waals surface area contributed by atoms with Crippen LogP contribution in [0.2, 0.25) is 0 Å². The molecule has 0 heterocycles. The molecule has 4 nitrogen and oxygen atoms in total. The first-order valence-corrected chi connectivity index (χ1v) is 6.44. The third-order valence-corrected chi connectivity index (χ3v) is 2.61. The van der Waals surface area contributed by atoms with Gasteiger partial charge in [0.1, 0.15) is 5.75 Å². The van der Waals surface area contributed by atoms with Crippen LogP contribution in [0.3, 0.4) is 0 Å². The van der Waals surface area contributed by atoms with Crippen molar-refractivity contribution in [1.29, 1.82) is 0 Å². The van der Waals surface area contributed by atoms with Crippen LogP contribution in [0.5, 0.6) is 5.75 Å². The Balaban J connectivity index is 2.68. The standard InChI is InChI=1S/C14H19F3N2O2/c1-13(2,3)18-7-6-12(21)19-10-8-9(14(15,16)17)4-5-11(10)20/h4-5,8,18,20H,6-7H2,1-3H3,(H,19,21). The van der Waals surface area contributed by atoms with Crippen molar-refractivity contribution in [2.24, 2.45) is 0 Å². The van der Waals surface area contributed by atoms with Crippen LogP contribution in [0.4, 0.5) is 18.9 Å². The number of benzene rings is 1. The van der Waals surface area contributed by atoms with Crippen molar-refractivity contribution in [1.82, 2.24) is 5.32 Å². The van der Waals surface area contributed by atoms with Gasteiger partial charge in [-0.05, 0) is 39.0 Å². The van der Waals surface area contributed by atoms with Crippen molar-refractivity contribution in [3.05, 3.63) is 23.8 Å². The fraction of sp³-hybridized carbons (Fsp3) is 0.500. The van der Waals surface area contributed by atoms with Crippen LogP contribution in [-0.4, -0.2) is 23.1 Å². The van der Waals surface area contributed by atoms with E-state index in [1.165, 1.54) is 0 Å². The van der Waals surface area contributed by atoms with Crippen LogP contribution in [0.25, 0.3) is 0 Å². The van der Waals surface area contributed by atoms with Gasteiger partial charge < -0.3 is 15.7 Å². The monoisotopic (exact) mass is 304 g/mol. The number of hydrogen-bond acceptors (Lipinski definition) is 3. The zero-order valence-electron chi connectivity index (χ0n) is 12.1.